The molecule has 3 rings (SSSR count). The molecular weight excluding hydrogens is 346 g/mol. The van der Waals surface area contributed by atoms with Gasteiger partial charge in [0.1, 0.15) is 5.01 Å². The molecular formula is C19H27N5OS. The average molecular weight is 374 g/mol. The van der Waals surface area contributed by atoms with Gasteiger partial charge in [-0.15, -0.1) is 11.3 Å². The summed E-state index contributed by atoms with van der Waals surface area (Å²) >= 11 is 1.68. The first kappa shape index (κ1) is 18.6. The molecule has 1 aliphatic carbocycles. The summed E-state index contributed by atoms with van der Waals surface area (Å²) in [5.74, 6) is 2.65. The van der Waals surface area contributed by atoms with Crippen LogP contribution < -0.4 is 15.4 Å². The van der Waals surface area contributed by atoms with Crippen molar-refractivity contribution >= 4 is 17.3 Å². The van der Waals surface area contributed by atoms with Crippen molar-refractivity contribution in [1.29, 1.82) is 0 Å². The lowest BCUT2D eigenvalue weighted by atomic mass is 10.2. The Bertz CT molecular complexity index is 722. The van der Waals surface area contributed by atoms with Crippen LogP contribution >= 0.6 is 11.3 Å². The second-order valence-corrected chi connectivity index (χ2v) is 7.80. The molecule has 7 heteroatoms. The summed E-state index contributed by atoms with van der Waals surface area (Å²) in [5, 5.41) is 9.79. The molecule has 2 heterocycles. The molecule has 1 aliphatic rings. The second kappa shape index (κ2) is 8.98. The molecule has 0 unspecified atom stereocenters. The highest BCUT2D eigenvalue weighted by atomic mass is 32.1. The maximum Gasteiger partial charge on any atom is 0.213 e. The Labute approximate surface area is 159 Å². The van der Waals surface area contributed by atoms with Crippen LogP contribution in [0.4, 0.5) is 0 Å². The average Bonchev–Trinajstić information content (AvgIpc) is 3.36. The lowest BCUT2D eigenvalue weighted by molar-refractivity contribution is 0.288. The second-order valence-electron chi connectivity index (χ2n) is 6.86. The maximum absolute atomic E-state index is 5.66. The molecule has 0 atom stereocenters. The lowest BCUT2D eigenvalue weighted by Crippen LogP contribution is -2.36. The fourth-order valence-corrected chi connectivity index (χ4v) is 3.22. The van der Waals surface area contributed by atoms with Crippen molar-refractivity contribution in [2.24, 2.45) is 10.9 Å². The molecule has 1 saturated carbocycles. The number of hydrogen-bond acceptors (Lipinski definition) is 5. The van der Waals surface area contributed by atoms with Crippen LogP contribution in [-0.2, 0) is 13.1 Å². The topological polar surface area (TPSA) is 71.4 Å². The number of aliphatic imine (C=N–C) groups is 1. The number of hydrogen-bond donors (Lipinski definition) is 2. The Morgan fingerprint density at radius 3 is 2.73 bits per heavy atom. The molecule has 2 aromatic rings. The summed E-state index contributed by atoms with van der Waals surface area (Å²) in [6.07, 6.45) is 4.42. The number of nitrogens with one attached hydrogen (secondary N) is 2. The molecule has 0 radical (unpaired) electrons. The standard InChI is InChI=1S/C19H27N5OS/c1-13(2)16-12-26-18(24-16)10-23-19(20-3)22-9-15-6-7-17(21-8-15)25-11-14-4-5-14/h6-8,12-14H,4-5,9-11H2,1-3H3,(H2,20,22,23). The predicted molar refractivity (Wildman–Crippen MR) is 106 cm³/mol. The third-order valence-electron chi connectivity index (χ3n) is 4.21. The fourth-order valence-electron chi connectivity index (χ4n) is 2.33. The number of aromatic nitrogens is 2. The van der Waals surface area contributed by atoms with Crippen molar-refractivity contribution in [2.75, 3.05) is 13.7 Å². The minimum atomic E-state index is 0.459. The van der Waals surface area contributed by atoms with Gasteiger partial charge >= 0.3 is 0 Å². The molecule has 0 bridgehead atoms. The summed E-state index contributed by atoms with van der Waals surface area (Å²) in [4.78, 5) is 13.3. The first-order chi connectivity index (χ1) is 12.6. The highest BCUT2D eigenvalue weighted by Crippen LogP contribution is 2.29. The molecule has 26 heavy (non-hydrogen) atoms. The van der Waals surface area contributed by atoms with Crippen molar-refractivity contribution in [3.8, 4) is 5.88 Å². The van der Waals surface area contributed by atoms with Crippen LogP contribution in [0.15, 0.2) is 28.7 Å². The Balaban J connectivity index is 1.42. The molecule has 0 saturated heterocycles. The molecule has 0 aliphatic heterocycles. The summed E-state index contributed by atoms with van der Waals surface area (Å²) in [6, 6.07) is 3.96. The zero-order chi connectivity index (χ0) is 18.4. The van der Waals surface area contributed by atoms with Gasteiger partial charge in [-0.3, -0.25) is 4.99 Å². The number of pyridine rings is 1. The van der Waals surface area contributed by atoms with Crippen molar-refractivity contribution < 1.29 is 4.74 Å². The zero-order valence-corrected chi connectivity index (χ0v) is 16.5. The first-order valence-electron chi connectivity index (χ1n) is 9.10. The third kappa shape index (κ3) is 5.69. The van der Waals surface area contributed by atoms with Crippen LogP contribution in [0.5, 0.6) is 5.88 Å². The van der Waals surface area contributed by atoms with Crippen LogP contribution in [-0.4, -0.2) is 29.6 Å². The Morgan fingerprint density at radius 2 is 2.12 bits per heavy atom. The summed E-state index contributed by atoms with van der Waals surface area (Å²) < 4.78 is 5.66. The normalized spacial score (nSPS) is 14.5. The van der Waals surface area contributed by atoms with E-state index in [-0.39, 0.29) is 0 Å². The number of rotatable bonds is 8. The molecule has 140 valence electrons. The molecule has 0 spiro atoms. The Kier molecular flexibility index (Phi) is 6.44. The fraction of sp³-hybridized carbons (Fsp3) is 0.526. The number of nitrogens with zero attached hydrogens (tertiary/aromatic N) is 3. The lowest BCUT2D eigenvalue weighted by Gasteiger charge is -2.11. The van der Waals surface area contributed by atoms with Gasteiger partial charge in [-0.2, -0.15) is 0 Å². The van der Waals surface area contributed by atoms with Crippen LogP contribution in [0.1, 0.15) is 48.9 Å². The molecule has 1 fully saturated rings. The number of thiazole rings is 1. The molecule has 2 aromatic heterocycles. The predicted octanol–water partition coefficient (Wildman–Crippen LogP) is 3.32. The van der Waals surface area contributed by atoms with Gasteiger partial charge < -0.3 is 15.4 Å². The van der Waals surface area contributed by atoms with E-state index in [9.17, 15) is 0 Å². The first-order valence-corrected chi connectivity index (χ1v) is 9.98. The van der Waals surface area contributed by atoms with Gasteiger partial charge in [0.15, 0.2) is 5.96 Å². The zero-order valence-electron chi connectivity index (χ0n) is 15.7. The third-order valence-corrected chi connectivity index (χ3v) is 5.08. The maximum atomic E-state index is 5.66. The van der Waals surface area contributed by atoms with Gasteiger partial charge in [0, 0.05) is 31.2 Å². The van der Waals surface area contributed by atoms with E-state index in [1.54, 1.807) is 18.4 Å². The van der Waals surface area contributed by atoms with E-state index in [1.807, 2.05) is 18.3 Å². The van der Waals surface area contributed by atoms with E-state index in [0.29, 0.717) is 24.9 Å². The van der Waals surface area contributed by atoms with Gasteiger partial charge in [0.05, 0.1) is 18.8 Å². The largest absolute Gasteiger partial charge is 0.477 e. The van der Waals surface area contributed by atoms with Crippen LogP contribution in [0, 0.1) is 5.92 Å². The van der Waals surface area contributed by atoms with E-state index in [1.165, 1.54) is 12.8 Å². The van der Waals surface area contributed by atoms with Gasteiger partial charge in [0.25, 0.3) is 0 Å². The summed E-state index contributed by atoms with van der Waals surface area (Å²) in [6.45, 7) is 6.43. The van der Waals surface area contributed by atoms with Gasteiger partial charge in [-0.1, -0.05) is 19.9 Å². The smallest absolute Gasteiger partial charge is 0.213 e. The monoisotopic (exact) mass is 373 g/mol. The van der Waals surface area contributed by atoms with Gasteiger partial charge in [-0.25, -0.2) is 9.97 Å². The highest BCUT2D eigenvalue weighted by Gasteiger charge is 2.22. The molecule has 2 N–H and O–H groups in total. The minimum absolute atomic E-state index is 0.459. The van der Waals surface area contributed by atoms with Crippen LogP contribution in [0.2, 0.25) is 0 Å². The van der Waals surface area contributed by atoms with E-state index < -0.39 is 0 Å². The van der Waals surface area contributed by atoms with Crippen molar-refractivity contribution in [2.45, 2.75) is 45.7 Å². The number of ether oxygens (including phenoxy) is 1. The SMILES string of the molecule is CN=C(NCc1ccc(OCC2CC2)nc1)NCc1nc(C(C)C)cs1. The van der Waals surface area contributed by atoms with Gasteiger partial charge in [-0.05, 0) is 30.2 Å². The highest BCUT2D eigenvalue weighted by molar-refractivity contribution is 7.09. The number of guanidine groups is 1. The van der Waals surface area contributed by atoms with Crippen molar-refractivity contribution in [3.63, 3.8) is 0 Å². The van der Waals surface area contributed by atoms with Crippen molar-refractivity contribution in [3.05, 3.63) is 40.0 Å². The molecule has 6 nitrogen and oxygen atoms in total. The van der Waals surface area contributed by atoms with E-state index in [4.69, 9.17) is 4.74 Å². The molecule has 0 amide bonds. The Morgan fingerprint density at radius 1 is 1.31 bits per heavy atom. The molecule has 0 aromatic carbocycles. The summed E-state index contributed by atoms with van der Waals surface area (Å²) in [7, 11) is 1.77. The summed E-state index contributed by atoms with van der Waals surface area (Å²) in [5.41, 5.74) is 2.23. The minimum Gasteiger partial charge on any atom is -0.477 e. The van der Waals surface area contributed by atoms with Crippen LogP contribution in [0.3, 0.4) is 0 Å². The van der Waals surface area contributed by atoms with E-state index in [2.05, 4.69) is 44.8 Å². The van der Waals surface area contributed by atoms with Crippen molar-refractivity contribution in [1.82, 2.24) is 20.6 Å². The van der Waals surface area contributed by atoms with Gasteiger partial charge in [0.2, 0.25) is 5.88 Å². The van der Waals surface area contributed by atoms with Crippen LogP contribution in [0.25, 0.3) is 0 Å². The quantitative estimate of drug-likeness (QED) is 0.549. The Hall–Kier alpha value is -2.15. The van der Waals surface area contributed by atoms with E-state index in [0.717, 1.165) is 34.7 Å². The van der Waals surface area contributed by atoms with E-state index >= 15 is 0 Å².